The molecule has 4 aliphatic rings. The van der Waals surface area contributed by atoms with Crippen molar-refractivity contribution in [2.24, 2.45) is 11.8 Å². The number of rotatable bonds is 0. The Hall–Kier alpha value is 0.0200. The first-order chi connectivity index (χ1) is 12.7. The maximum Gasteiger partial charge on any atom is 0.410 e. The number of hydrogen-bond donors (Lipinski definition) is 1. The summed E-state index contributed by atoms with van der Waals surface area (Å²) in [6.07, 6.45) is 5.19. The van der Waals surface area contributed by atoms with Gasteiger partial charge in [0, 0.05) is 31.7 Å². The van der Waals surface area contributed by atoms with E-state index in [4.69, 9.17) is 4.74 Å². The van der Waals surface area contributed by atoms with Crippen LogP contribution in [0.5, 0.6) is 0 Å². The monoisotopic (exact) mass is 488 g/mol. The minimum absolute atomic E-state index is 0. The molecule has 9 heteroatoms. The van der Waals surface area contributed by atoms with Crippen LogP contribution in [0.15, 0.2) is 0 Å². The van der Waals surface area contributed by atoms with Gasteiger partial charge in [-0.05, 0) is 92.0 Å². The van der Waals surface area contributed by atoms with E-state index in [1.807, 2.05) is 25.7 Å². The Bertz CT molecular complexity index is 521. The molecular formula is C21H43Cl3N4O2. The Morgan fingerprint density at radius 3 is 1.97 bits per heavy atom. The normalized spacial score (nSPS) is 31.0. The van der Waals surface area contributed by atoms with Gasteiger partial charge in [0.25, 0.3) is 0 Å². The molecule has 4 rings (SSSR count). The predicted molar refractivity (Wildman–Crippen MR) is 131 cm³/mol. The summed E-state index contributed by atoms with van der Waals surface area (Å²) in [5.74, 6) is 1.60. The van der Waals surface area contributed by atoms with Crippen LogP contribution in [0.3, 0.4) is 0 Å². The van der Waals surface area contributed by atoms with Crippen LogP contribution in [-0.2, 0) is 4.74 Å². The van der Waals surface area contributed by atoms with Gasteiger partial charge in [0.2, 0.25) is 0 Å². The molecule has 1 N–H and O–H groups in total. The van der Waals surface area contributed by atoms with Crippen molar-refractivity contribution in [3.05, 3.63) is 0 Å². The van der Waals surface area contributed by atoms with E-state index in [0.29, 0.717) is 12.0 Å². The van der Waals surface area contributed by atoms with Crippen molar-refractivity contribution < 1.29 is 9.53 Å². The van der Waals surface area contributed by atoms with E-state index < -0.39 is 5.60 Å². The molecule has 0 saturated carbocycles. The van der Waals surface area contributed by atoms with Crippen molar-refractivity contribution in [1.82, 2.24) is 20.0 Å². The SMILES string of the molecule is CN1CCC[C@@H]2CN(C(=O)OC(C)(C)C)C[C@@H]21.CN1CCC[C@@H]2CNC[C@@H]21.Cl.Cl.Cl. The lowest BCUT2D eigenvalue weighted by atomic mass is 9.93. The molecule has 180 valence electrons. The van der Waals surface area contributed by atoms with Gasteiger partial charge in [-0.1, -0.05) is 0 Å². The lowest BCUT2D eigenvalue weighted by Crippen LogP contribution is -2.42. The largest absolute Gasteiger partial charge is 0.444 e. The number of carbonyl (C=O) groups is 1. The van der Waals surface area contributed by atoms with Gasteiger partial charge in [-0.3, -0.25) is 0 Å². The highest BCUT2D eigenvalue weighted by molar-refractivity contribution is 5.86. The van der Waals surface area contributed by atoms with E-state index in [-0.39, 0.29) is 43.3 Å². The Labute approximate surface area is 202 Å². The van der Waals surface area contributed by atoms with Gasteiger partial charge in [-0.15, -0.1) is 37.2 Å². The van der Waals surface area contributed by atoms with Crippen LogP contribution >= 0.6 is 37.2 Å². The van der Waals surface area contributed by atoms with Crippen molar-refractivity contribution >= 4 is 43.3 Å². The number of amides is 1. The lowest BCUT2D eigenvalue weighted by Gasteiger charge is -2.33. The third-order valence-electron chi connectivity index (χ3n) is 6.67. The predicted octanol–water partition coefficient (Wildman–Crippen LogP) is 3.51. The topological polar surface area (TPSA) is 48.1 Å². The number of hydrogen-bond acceptors (Lipinski definition) is 5. The molecule has 0 bridgehead atoms. The zero-order valence-electron chi connectivity index (χ0n) is 19.3. The fraction of sp³-hybridized carbons (Fsp3) is 0.952. The van der Waals surface area contributed by atoms with E-state index in [1.165, 1.54) is 45.3 Å². The second kappa shape index (κ2) is 12.9. The van der Waals surface area contributed by atoms with Gasteiger partial charge in [0.05, 0.1) is 0 Å². The molecule has 0 radical (unpaired) electrons. The zero-order chi connectivity index (χ0) is 19.6. The van der Waals surface area contributed by atoms with E-state index in [9.17, 15) is 4.79 Å². The first kappa shape index (κ1) is 30.0. The lowest BCUT2D eigenvalue weighted by molar-refractivity contribution is 0.0282. The quantitative estimate of drug-likeness (QED) is 0.564. The highest BCUT2D eigenvalue weighted by atomic mass is 35.5. The number of nitrogens with one attached hydrogen (secondary N) is 1. The minimum Gasteiger partial charge on any atom is -0.444 e. The molecule has 0 spiro atoms. The fourth-order valence-electron chi connectivity index (χ4n) is 5.18. The Morgan fingerprint density at radius 2 is 1.43 bits per heavy atom. The summed E-state index contributed by atoms with van der Waals surface area (Å²) < 4.78 is 5.43. The molecule has 4 atom stereocenters. The van der Waals surface area contributed by atoms with Crippen LogP contribution in [0.4, 0.5) is 4.79 Å². The number of fused-ring (bicyclic) bond motifs is 2. The number of likely N-dealkylation sites (N-methyl/N-ethyl adjacent to an activating group) is 2. The summed E-state index contributed by atoms with van der Waals surface area (Å²) in [4.78, 5) is 18.8. The molecule has 30 heavy (non-hydrogen) atoms. The fourth-order valence-corrected chi connectivity index (χ4v) is 5.18. The first-order valence-electron chi connectivity index (χ1n) is 10.8. The van der Waals surface area contributed by atoms with E-state index in [1.54, 1.807) is 0 Å². The highest BCUT2D eigenvalue weighted by Crippen LogP contribution is 2.30. The number of likely N-dealkylation sites (tertiary alicyclic amines) is 3. The summed E-state index contributed by atoms with van der Waals surface area (Å²) in [5, 5.41) is 3.45. The molecule has 0 aliphatic carbocycles. The van der Waals surface area contributed by atoms with Gasteiger partial charge in [-0.2, -0.15) is 0 Å². The second-order valence-corrected chi connectivity index (χ2v) is 9.94. The molecule has 4 saturated heterocycles. The Balaban J connectivity index is 0.000000561. The molecule has 4 aliphatic heterocycles. The summed E-state index contributed by atoms with van der Waals surface area (Å²) in [7, 11) is 4.42. The number of nitrogens with zero attached hydrogens (tertiary/aromatic N) is 3. The molecule has 1 amide bonds. The van der Waals surface area contributed by atoms with E-state index >= 15 is 0 Å². The van der Waals surface area contributed by atoms with Gasteiger partial charge in [0.15, 0.2) is 0 Å². The highest BCUT2D eigenvalue weighted by Gasteiger charge is 2.40. The van der Waals surface area contributed by atoms with Gasteiger partial charge < -0.3 is 24.8 Å². The van der Waals surface area contributed by atoms with E-state index in [0.717, 1.165) is 31.6 Å². The van der Waals surface area contributed by atoms with Crippen molar-refractivity contribution in [2.75, 3.05) is 53.4 Å². The molecule has 4 fully saturated rings. The summed E-state index contributed by atoms with van der Waals surface area (Å²) in [6.45, 7) is 12.4. The Morgan fingerprint density at radius 1 is 0.867 bits per heavy atom. The third kappa shape index (κ3) is 7.86. The van der Waals surface area contributed by atoms with Crippen LogP contribution < -0.4 is 5.32 Å². The average molecular weight is 490 g/mol. The molecule has 0 aromatic carbocycles. The second-order valence-electron chi connectivity index (χ2n) is 9.94. The average Bonchev–Trinajstić information content (AvgIpc) is 3.22. The number of carbonyl (C=O) groups excluding carboxylic acids is 1. The van der Waals surface area contributed by atoms with Crippen molar-refractivity contribution in [1.29, 1.82) is 0 Å². The molecule has 0 unspecified atom stereocenters. The van der Waals surface area contributed by atoms with Gasteiger partial charge >= 0.3 is 6.09 Å². The van der Waals surface area contributed by atoms with Crippen LogP contribution in [0.25, 0.3) is 0 Å². The zero-order valence-corrected chi connectivity index (χ0v) is 21.7. The van der Waals surface area contributed by atoms with Gasteiger partial charge in [0.1, 0.15) is 5.60 Å². The van der Waals surface area contributed by atoms with Crippen LogP contribution in [-0.4, -0.2) is 91.8 Å². The van der Waals surface area contributed by atoms with Crippen LogP contribution in [0.1, 0.15) is 46.5 Å². The molecule has 4 heterocycles. The van der Waals surface area contributed by atoms with Crippen molar-refractivity contribution in [3.63, 3.8) is 0 Å². The molecule has 0 aromatic heterocycles. The van der Waals surface area contributed by atoms with Crippen LogP contribution in [0, 0.1) is 11.8 Å². The van der Waals surface area contributed by atoms with Crippen molar-refractivity contribution in [2.45, 2.75) is 64.1 Å². The summed E-state index contributed by atoms with van der Waals surface area (Å²) in [5.41, 5.74) is -0.392. The summed E-state index contributed by atoms with van der Waals surface area (Å²) in [6, 6.07) is 1.39. The Kier molecular flexibility index (Phi) is 12.9. The van der Waals surface area contributed by atoms with Crippen molar-refractivity contribution in [3.8, 4) is 0 Å². The third-order valence-corrected chi connectivity index (χ3v) is 6.67. The van der Waals surface area contributed by atoms with E-state index in [2.05, 4.69) is 29.2 Å². The minimum atomic E-state index is -0.392. The maximum absolute atomic E-state index is 12.0. The molecular weight excluding hydrogens is 447 g/mol. The standard InChI is InChI=1S/C13H24N2O2.C8H16N2.3ClH/c1-13(2,3)17-12(16)15-8-10-6-5-7-14(4)11(10)9-15;1-10-4-2-3-7-5-9-6-8(7)10;;;/h10-11H,5-9H2,1-4H3;7-9H,2-6H2,1H3;3*1H/t10-,11+;7-,8+;;;/m11.../s1. The smallest absolute Gasteiger partial charge is 0.410 e. The summed E-state index contributed by atoms with van der Waals surface area (Å²) >= 11 is 0. The van der Waals surface area contributed by atoms with Crippen LogP contribution in [0.2, 0.25) is 0 Å². The van der Waals surface area contributed by atoms with Gasteiger partial charge in [-0.25, -0.2) is 4.79 Å². The maximum atomic E-state index is 12.0. The number of halogens is 3. The molecule has 0 aromatic rings. The number of ether oxygens (including phenoxy) is 1. The molecule has 6 nitrogen and oxygen atoms in total. The first-order valence-corrected chi connectivity index (χ1v) is 10.8. The number of piperidine rings is 2.